The molecule has 2 nitrogen and oxygen atoms in total. The molecule has 3 heteroatoms. The summed E-state index contributed by atoms with van der Waals surface area (Å²) < 4.78 is 0. The Balaban J connectivity index is 2.07. The molecule has 0 saturated heterocycles. The molecular weight excluding hydrogens is 192 g/mol. The molecule has 0 amide bonds. The van der Waals surface area contributed by atoms with Crippen LogP contribution < -0.4 is 5.32 Å². The smallest absolute Gasteiger partial charge is 0.156 e. The average molecular weight is 214 g/mol. The minimum absolute atomic E-state index is 0.751. The second kappa shape index (κ2) is 6.33. The van der Waals surface area contributed by atoms with E-state index in [2.05, 4.69) is 31.1 Å². The lowest BCUT2D eigenvalue weighted by Gasteiger charge is -2.17. The van der Waals surface area contributed by atoms with Crippen LogP contribution in [0.15, 0.2) is 4.99 Å². The van der Waals surface area contributed by atoms with Crippen molar-refractivity contribution in [1.82, 2.24) is 5.32 Å². The molecule has 0 spiro atoms. The Morgan fingerprint density at radius 1 is 1.57 bits per heavy atom. The minimum atomic E-state index is 0.751. The summed E-state index contributed by atoms with van der Waals surface area (Å²) in [6.45, 7) is 8.88. The van der Waals surface area contributed by atoms with Crippen LogP contribution in [-0.2, 0) is 0 Å². The van der Waals surface area contributed by atoms with Crippen LogP contribution in [0.1, 0.15) is 33.6 Å². The number of hydrogen-bond acceptors (Lipinski definition) is 3. The van der Waals surface area contributed by atoms with Crippen LogP contribution in [-0.4, -0.2) is 24.0 Å². The first-order chi connectivity index (χ1) is 6.68. The van der Waals surface area contributed by atoms with Crippen LogP contribution >= 0.6 is 11.8 Å². The Bertz CT molecular complexity index is 190. The van der Waals surface area contributed by atoms with Gasteiger partial charge in [-0.05, 0) is 24.7 Å². The number of thioether (sulfide) groups is 1. The van der Waals surface area contributed by atoms with Crippen molar-refractivity contribution in [2.45, 2.75) is 33.6 Å². The highest BCUT2D eigenvalue weighted by atomic mass is 32.2. The van der Waals surface area contributed by atoms with Gasteiger partial charge < -0.3 is 5.32 Å². The fourth-order valence-corrected chi connectivity index (χ4v) is 2.29. The molecule has 0 radical (unpaired) electrons. The molecule has 0 aromatic heterocycles. The van der Waals surface area contributed by atoms with E-state index in [-0.39, 0.29) is 0 Å². The number of nitrogens with zero attached hydrogens (tertiary/aromatic N) is 1. The fraction of sp³-hybridized carbons (Fsp3) is 0.909. The second-order valence-electron chi connectivity index (χ2n) is 4.52. The number of aliphatic imine (C=N–C) groups is 1. The lowest BCUT2D eigenvalue weighted by atomic mass is 10.1. The van der Waals surface area contributed by atoms with Gasteiger partial charge in [-0.15, -0.1) is 0 Å². The molecule has 82 valence electrons. The van der Waals surface area contributed by atoms with Crippen LogP contribution in [0.4, 0.5) is 0 Å². The molecule has 0 aliphatic carbocycles. The molecule has 0 bridgehead atoms. The predicted molar refractivity (Wildman–Crippen MR) is 66.0 cm³/mol. The van der Waals surface area contributed by atoms with Crippen LogP contribution in [0.3, 0.4) is 0 Å². The Hall–Kier alpha value is -0.180. The van der Waals surface area contributed by atoms with Crippen molar-refractivity contribution in [1.29, 1.82) is 0 Å². The first-order valence-electron chi connectivity index (χ1n) is 5.59. The van der Waals surface area contributed by atoms with Gasteiger partial charge in [0.25, 0.3) is 0 Å². The Labute approximate surface area is 92.0 Å². The van der Waals surface area contributed by atoms with Gasteiger partial charge in [-0.2, -0.15) is 0 Å². The van der Waals surface area contributed by atoms with E-state index < -0.39 is 0 Å². The number of hydrogen-bond donors (Lipinski definition) is 1. The third kappa shape index (κ3) is 4.89. The highest BCUT2D eigenvalue weighted by molar-refractivity contribution is 8.13. The van der Waals surface area contributed by atoms with E-state index in [1.54, 1.807) is 0 Å². The Kier molecular flexibility index (Phi) is 5.38. The Morgan fingerprint density at radius 3 is 2.93 bits per heavy atom. The summed E-state index contributed by atoms with van der Waals surface area (Å²) >= 11 is 1.87. The number of amidine groups is 1. The minimum Gasteiger partial charge on any atom is -0.365 e. The van der Waals surface area contributed by atoms with Crippen LogP contribution in [0.25, 0.3) is 0 Å². The van der Waals surface area contributed by atoms with Gasteiger partial charge in [0.2, 0.25) is 0 Å². The third-order valence-corrected chi connectivity index (χ3v) is 3.57. The SMILES string of the molecule is CC(C)CCCNC1=NCC(C)CS1. The molecule has 1 unspecified atom stereocenters. The monoisotopic (exact) mass is 214 g/mol. The molecule has 1 atom stereocenters. The maximum Gasteiger partial charge on any atom is 0.156 e. The molecule has 1 heterocycles. The van der Waals surface area contributed by atoms with Gasteiger partial charge in [0.1, 0.15) is 0 Å². The lowest BCUT2D eigenvalue weighted by Crippen LogP contribution is -2.27. The molecule has 0 aromatic rings. The number of nitrogens with one attached hydrogen (secondary N) is 1. The van der Waals surface area contributed by atoms with Crippen molar-refractivity contribution in [2.24, 2.45) is 16.8 Å². The molecule has 14 heavy (non-hydrogen) atoms. The summed E-state index contributed by atoms with van der Waals surface area (Å²) in [4.78, 5) is 4.50. The average Bonchev–Trinajstić information content (AvgIpc) is 2.15. The summed E-state index contributed by atoms with van der Waals surface area (Å²) in [5.74, 6) is 2.79. The standard InChI is InChI=1S/C11H22N2S/c1-9(2)5-4-6-12-11-13-7-10(3)8-14-11/h9-10H,4-8H2,1-3H3,(H,12,13). The zero-order valence-electron chi connectivity index (χ0n) is 9.55. The van der Waals surface area contributed by atoms with Crippen molar-refractivity contribution < 1.29 is 0 Å². The molecule has 1 aliphatic heterocycles. The molecule has 1 N–H and O–H groups in total. The van der Waals surface area contributed by atoms with Crippen LogP contribution in [0, 0.1) is 11.8 Å². The van der Waals surface area contributed by atoms with E-state index >= 15 is 0 Å². The van der Waals surface area contributed by atoms with E-state index in [4.69, 9.17) is 0 Å². The van der Waals surface area contributed by atoms with E-state index in [0.29, 0.717) is 0 Å². The van der Waals surface area contributed by atoms with E-state index in [1.807, 2.05) is 11.8 Å². The second-order valence-corrected chi connectivity index (χ2v) is 5.53. The van der Waals surface area contributed by atoms with E-state index in [9.17, 15) is 0 Å². The van der Waals surface area contributed by atoms with Gasteiger partial charge >= 0.3 is 0 Å². The zero-order valence-corrected chi connectivity index (χ0v) is 10.4. The maximum absolute atomic E-state index is 4.50. The van der Waals surface area contributed by atoms with Gasteiger partial charge in [-0.3, -0.25) is 4.99 Å². The van der Waals surface area contributed by atoms with Gasteiger partial charge in [-0.1, -0.05) is 32.5 Å². The van der Waals surface area contributed by atoms with Crippen molar-refractivity contribution >= 4 is 16.9 Å². The zero-order chi connectivity index (χ0) is 10.4. The van der Waals surface area contributed by atoms with Crippen LogP contribution in [0.5, 0.6) is 0 Å². The highest BCUT2D eigenvalue weighted by Gasteiger charge is 2.10. The first-order valence-corrected chi connectivity index (χ1v) is 6.58. The summed E-state index contributed by atoms with van der Waals surface area (Å²) in [7, 11) is 0. The van der Waals surface area contributed by atoms with E-state index in [0.717, 1.165) is 30.1 Å². The Morgan fingerprint density at radius 2 is 2.36 bits per heavy atom. The molecule has 1 aliphatic rings. The third-order valence-electron chi connectivity index (χ3n) is 2.29. The normalized spacial score (nSPS) is 22.3. The van der Waals surface area contributed by atoms with Gasteiger partial charge in [0.05, 0.1) is 0 Å². The largest absolute Gasteiger partial charge is 0.365 e. The van der Waals surface area contributed by atoms with Crippen molar-refractivity contribution in [3.63, 3.8) is 0 Å². The van der Waals surface area contributed by atoms with E-state index in [1.165, 1.54) is 18.6 Å². The molecule has 0 saturated carbocycles. The summed E-state index contributed by atoms with van der Waals surface area (Å²) in [6, 6.07) is 0. The fourth-order valence-electron chi connectivity index (χ4n) is 1.37. The molecule has 0 fully saturated rings. The lowest BCUT2D eigenvalue weighted by molar-refractivity contribution is 0.551. The topological polar surface area (TPSA) is 24.4 Å². The summed E-state index contributed by atoms with van der Waals surface area (Å²) in [5.41, 5.74) is 0. The van der Waals surface area contributed by atoms with Crippen molar-refractivity contribution in [2.75, 3.05) is 18.8 Å². The first kappa shape index (κ1) is 11.9. The quantitative estimate of drug-likeness (QED) is 0.728. The van der Waals surface area contributed by atoms with Crippen molar-refractivity contribution in [3.8, 4) is 0 Å². The van der Waals surface area contributed by atoms with Gasteiger partial charge in [0.15, 0.2) is 5.17 Å². The maximum atomic E-state index is 4.50. The van der Waals surface area contributed by atoms with Gasteiger partial charge in [-0.25, -0.2) is 0 Å². The number of rotatable bonds is 4. The summed E-state index contributed by atoms with van der Waals surface area (Å²) in [6.07, 6.45) is 2.56. The molecular formula is C11H22N2S. The van der Waals surface area contributed by atoms with Gasteiger partial charge in [0, 0.05) is 18.8 Å². The highest BCUT2D eigenvalue weighted by Crippen LogP contribution is 2.15. The van der Waals surface area contributed by atoms with Crippen molar-refractivity contribution in [3.05, 3.63) is 0 Å². The summed E-state index contributed by atoms with van der Waals surface area (Å²) in [5, 5.41) is 4.57. The molecule has 1 rings (SSSR count). The molecule has 0 aromatic carbocycles. The predicted octanol–water partition coefficient (Wildman–Crippen LogP) is 2.75. The van der Waals surface area contributed by atoms with Crippen LogP contribution in [0.2, 0.25) is 0 Å².